The largest absolute Gasteiger partial charge is 0.373 e. The molecule has 13 heavy (non-hydrogen) atoms. The molecule has 0 unspecified atom stereocenters. The first-order valence-corrected chi connectivity index (χ1v) is 5.05. The predicted octanol–water partition coefficient (Wildman–Crippen LogP) is 0.705. The molecule has 1 aliphatic rings. The fraction of sp³-hybridized carbons (Fsp3) is 1.00. The van der Waals surface area contributed by atoms with Crippen LogP contribution in [0.1, 0.15) is 20.3 Å². The Bertz CT molecular complexity index is 153. The molecule has 0 bridgehead atoms. The number of hydrogen-bond acceptors (Lipinski definition) is 3. The lowest BCUT2D eigenvalue weighted by atomic mass is 9.96. The first-order chi connectivity index (χ1) is 6.03. The molecule has 0 radical (unpaired) electrons. The lowest BCUT2D eigenvalue weighted by Crippen LogP contribution is -2.50. The molecule has 0 aromatic rings. The van der Waals surface area contributed by atoms with Gasteiger partial charge in [0, 0.05) is 19.1 Å². The van der Waals surface area contributed by atoms with Gasteiger partial charge in [0.1, 0.15) is 0 Å². The summed E-state index contributed by atoms with van der Waals surface area (Å²) in [6.07, 6.45) is 1.09. The fourth-order valence-electron chi connectivity index (χ4n) is 1.71. The third-order valence-corrected chi connectivity index (χ3v) is 2.84. The van der Waals surface area contributed by atoms with Gasteiger partial charge >= 0.3 is 0 Å². The fourth-order valence-corrected chi connectivity index (χ4v) is 1.71. The van der Waals surface area contributed by atoms with Crippen LogP contribution in [-0.4, -0.2) is 50.3 Å². The van der Waals surface area contributed by atoms with Crippen LogP contribution >= 0.6 is 0 Å². The monoisotopic (exact) mass is 186 g/mol. The number of nitrogens with one attached hydrogen (secondary N) is 1. The van der Waals surface area contributed by atoms with Crippen LogP contribution in [0.3, 0.4) is 0 Å². The Morgan fingerprint density at radius 1 is 1.54 bits per heavy atom. The van der Waals surface area contributed by atoms with Crippen molar-refractivity contribution in [3.05, 3.63) is 0 Å². The van der Waals surface area contributed by atoms with Gasteiger partial charge in [0.15, 0.2) is 0 Å². The highest BCUT2D eigenvalue weighted by Crippen LogP contribution is 2.20. The molecule has 3 nitrogen and oxygen atoms in total. The Balaban J connectivity index is 2.40. The zero-order valence-corrected chi connectivity index (χ0v) is 9.26. The van der Waals surface area contributed by atoms with E-state index in [2.05, 4.69) is 38.2 Å². The van der Waals surface area contributed by atoms with E-state index in [0.29, 0.717) is 6.04 Å². The second-order valence-corrected chi connectivity index (χ2v) is 4.49. The predicted molar refractivity (Wildman–Crippen MR) is 55.0 cm³/mol. The maximum atomic E-state index is 5.80. The topological polar surface area (TPSA) is 24.5 Å². The van der Waals surface area contributed by atoms with Crippen LogP contribution in [0.15, 0.2) is 0 Å². The minimum absolute atomic E-state index is 0.0297. The van der Waals surface area contributed by atoms with Crippen LogP contribution in [0.5, 0.6) is 0 Å². The van der Waals surface area contributed by atoms with Gasteiger partial charge in [0.2, 0.25) is 0 Å². The normalized spacial score (nSPS) is 32.1. The summed E-state index contributed by atoms with van der Waals surface area (Å²) < 4.78 is 5.80. The Hall–Kier alpha value is -0.120. The molecular formula is C10H22N2O. The van der Waals surface area contributed by atoms with Gasteiger partial charge in [-0.3, -0.25) is 0 Å². The van der Waals surface area contributed by atoms with Gasteiger partial charge < -0.3 is 15.0 Å². The second-order valence-electron chi connectivity index (χ2n) is 4.49. The number of morpholine rings is 1. The van der Waals surface area contributed by atoms with E-state index in [-0.39, 0.29) is 5.60 Å². The van der Waals surface area contributed by atoms with Crippen molar-refractivity contribution < 1.29 is 4.74 Å². The highest BCUT2D eigenvalue weighted by Gasteiger charge is 2.29. The average molecular weight is 186 g/mol. The standard InChI is InChI=1S/C10H22N2O/c1-9(12(3)4)7-10(2)8-11-5-6-13-10/h9,11H,5-8H2,1-4H3/t9-,10+/m1/s1. The zero-order chi connectivity index (χ0) is 9.90. The quantitative estimate of drug-likeness (QED) is 0.702. The number of ether oxygens (including phenoxy) is 1. The summed E-state index contributed by atoms with van der Waals surface area (Å²) in [6.45, 7) is 7.25. The van der Waals surface area contributed by atoms with Crippen molar-refractivity contribution in [2.45, 2.75) is 31.9 Å². The smallest absolute Gasteiger partial charge is 0.0793 e. The third-order valence-electron chi connectivity index (χ3n) is 2.84. The van der Waals surface area contributed by atoms with Gasteiger partial charge in [-0.15, -0.1) is 0 Å². The van der Waals surface area contributed by atoms with Crippen molar-refractivity contribution >= 4 is 0 Å². The Morgan fingerprint density at radius 3 is 2.69 bits per heavy atom. The van der Waals surface area contributed by atoms with E-state index >= 15 is 0 Å². The third kappa shape index (κ3) is 3.25. The minimum Gasteiger partial charge on any atom is -0.373 e. The maximum absolute atomic E-state index is 5.80. The molecule has 1 fully saturated rings. The Kier molecular flexibility index (Phi) is 3.71. The molecule has 0 aliphatic carbocycles. The van der Waals surface area contributed by atoms with Gasteiger partial charge in [-0.2, -0.15) is 0 Å². The lowest BCUT2D eigenvalue weighted by molar-refractivity contribution is -0.0677. The first kappa shape index (κ1) is 11.0. The first-order valence-electron chi connectivity index (χ1n) is 5.05. The molecular weight excluding hydrogens is 164 g/mol. The number of hydrogen-bond donors (Lipinski definition) is 1. The van der Waals surface area contributed by atoms with Crippen molar-refractivity contribution in [3.8, 4) is 0 Å². The molecule has 3 heteroatoms. The molecule has 0 amide bonds. The highest BCUT2D eigenvalue weighted by atomic mass is 16.5. The van der Waals surface area contributed by atoms with Crippen molar-refractivity contribution in [2.24, 2.45) is 0 Å². The molecule has 0 aromatic heterocycles. The summed E-state index contributed by atoms with van der Waals surface area (Å²) in [6, 6.07) is 0.574. The summed E-state index contributed by atoms with van der Waals surface area (Å²) in [5, 5.41) is 3.38. The van der Waals surface area contributed by atoms with E-state index in [1.165, 1.54) is 0 Å². The lowest BCUT2D eigenvalue weighted by Gasteiger charge is -2.37. The van der Waals surface area contributed by atoms with Gasteiger partial charge in [0.25, 0.3) is 0 Å². The van der Waals surface area contributed by atoms with Crippen LogP contribution in [0.4, 0.5) is 0 Å². The molecule has 78 valence electrons. The zero-order valence-electron chi connectivity index (χ0n) is 9.26. The summed E-state index contributed by atoms with van der Waals surface area (Å²) in [7, 11) is 4.23. The molecule has 1 rings (SSSR count). The molecule has 1 heterocycles. The molecule has 0 spiro atoms. The molecule has 1 N–H and O–H groups in total. The van der Waals surface area contributed by atoms with Gasteiger partial charge in [-0.05, 0) is 34.4 Å². The van der Waals surface area contributed by atoms with E-state index < -0.39 is 0 Å². The maximum Gasteiger partial charge on any atom is 0.0793 e. The van der Waals surface area contributed by atoms with Crippen LogP contribution in [0.2, 0.25) is 0 Å². The number of rotatable bonds is 3. The number of nitrogens with zero attached hydrogens (tertiary/aromatic N) is 1. The molecule has 2 atom stereocenters. The van der Waals surface area contributed by atoms with Crippen LogP contribution in [0, 0.1) is 0 Å². The van der Waals surface area contributed by atoms with E-state index in [4.69, 9.17) is 4.74 Å². The average Bonchev–Trinajstić information content (AvgIpc) is 2.04. The van der Waals surface area contributed by atoms with Crippen LogP contribution in [0.25, 0.3) is 0 Å². The van der Waals surface area contributed by atoms with Crippen molar-refractivity contribution in [1.82, 2.24) is 10.2 Å². The van der Waals surface area contributed by atoms with Crippen molar-refractivity contribution in [3.63, 3.8) is 0 Å². The molecule has 0 aromatic carbocycles. The van der Waals surface area contributed by atoms with Crippen LogP contribution in [-0.2, 0) is 4.74 Å². The van der Waals surface area contributed by atoms with E-state index in [0.717, 1.165) is 26.1 Å². The summed E-state index contributed by atoms with van der Waals surface area (Å²) in [5.41, 5.74) is 0.0297. The summed E-state index contributed by atoms with van der Waals surface area (Å²) >= 11 is 0. The van der Waals surface area contributed by atoms with Gasteiger partial charge in [-0.1, -0.05) is 0 Å². The SMILES string of the molecule is C[C@H](C[C@@]1(C)CNCCO1)N(C)C. The van der Waals surface area contributed by atoms with Crippen molar-refractivity contribution in [1.29, 1.82) is 0 Å². The minimum atomic E-state index is 0.0297. The van der Waals surface area contributed by atoms with E-state index in [1.807, 2.05) is 0 Å². The van der Waals surface area contributed by atoms with Crippen molar-refractivity contribution in [2.75, 3.05) is 33.8 Å². The molecule has 1 saturated heterocycles. The van der Waals surface area contributed by atoms with Gasteiger partial charge in [-0.25, -0.2) is 0 Å². The van der Waals surface area contributed by atoms with E-state index in [9.17, 15) is 0 Å². The summed E-state index contributed by atoms with van der Waals surface area (Å²) in [5.74, 6) is 0. The summed E-state index contributed by atoms with van der Waals surface area (Å²) in [4.78, 5) is 2.24. The molecule has 0 saturated carbocycles. The van der Waals surface area contributed by atoms with E-state index in [1.54, 1.807) is 0 Å². The van der Waals surface area contributed by atoms with Crippen LogP contribution < -0.4 is 5.32 Å². The van der Waals surface area contributed by atoms with Gasteiger partial charge in [0.05, 0.1) is 12.2 Å². The Morgan fingerprint density at radius 2 is 2.23 bits per heavy atom. The second kappa shape index (κ2) is 4.40. The Labute approximate surface area is 81.4 Å². The molecule has 1 aliphatic heterocycles. The highest BCUT2D eigenvalue weighted by molar-refractivity contribution is 4.85.